The third-order valence-electron chi connectivity index (χ3n) is 4.69. The molecule has 0 aliphatic carbocycles. The molecular weight excluding hydrogens is 298 g/mol. The second-order valence-electron chi connectivity index (χ2n) is 6.54. The number of imidazole rings is 1. The number of carbonyl (C=O) groups excluding carboxylic acids is 1. The van der Waals surface area contributed by atoms with E-state index in [9.17, 15) is 4.79 Å². The molecule has 1 fully saturated rings. The zero-order valence-corrected chi connectivity index (χ0v) is 13.9. The number of piperidine rings is 1. The molecule has 24 heavy (non-hydrogen) atoms. The van der Waals surface area contributed by atoms with Crippen molar-refractivity contribution in [3.8, 4) is 11.4 Å². The Labute approximate surface area is 141 Å². The highest BCUT2D eigenvalue weighted by Crippen LogP contribution is 2.22. The number of hydrogen-bond acceptors (Lipinski definition) is 2. The molecular formula is C20H21N3O. The Morgan fingerprint density at radius 3 is 2.54 bits per heavy atom. The van der Waals surface area contributed by atoms with Crippen LogP contribution in [0.3, 0.4) is 0 Å². The number of H-pyrrole nitrogens is 1. The Bertz CT molecular complexity index is 874. The van der Waals surface area contributed by atoms with E-state index in [-0.39, 0.29) is 5.91 Å². The van der Waals surface area contributed by atoms with Gasteiger partial charge in [-0.25, -0.2) is 4.98 Å². The van der Waals surface area contributed by atoms with E-state index < -0.39 is 0 Å². The summed E-state index contributed by atoms with van der Waals surface area (Å²) < 4.78 is 0. The van der Waals surface area contributed by atoms with Gasteiger partial charge in [-0.05, 0) is 56.0 Å². The van der Waals surface area contributed by atoms with Crippen LogP contribution < -0.4 is 0 Å². The molecule has 1 aliphatic rings. The first-order valence-corrected chi connectivity index (χ1v) is 8.57. The van der Waals surface area contributed by atoms with Gasteiger partial charge in [0.1, 0.15) is 5.82 Å². The van der Waals surface area contributed by atoms with Crippen molar-refractivity contribution in [1.29, 1.82) is 0 Å². The summed E-state index contributed by atoms with van der Waals surface area (Å²) >= 11 is 0. The summed E-state index contributed by atoms with van der Waals surface area (Å²) in [6, 6.07) is 13.9. The number of nitrogens with one attached hydrogen (secondary N) is 1. The van der Waals surface area contributed by atoms with Crippen LogP contribution in [0.1, 0.15) is 35.2 Å². The van der Waals surface area contributed by atoms with Crippen molar-refractivity contribution >= 4 is 16.9 Å². The molecule has 0 bridgehead atoms. The fourth-order valence-electron chi connectivity index (χ4n) is 3.31. The fraction of sp³-hybridized carbons (Fsp3) is 0.300. The number of fused-ring (bicyclic) bond motifs is 1. The van der Waals surface area contributed by atoms with Crippen LogP contribution in [0.15, 0.2) is 42.5 Å². The first-order chi connectivity index (χ1) is 11.7. The summed E-state index contributed by atoms with van der Waals surface area (Å²) in [5, 5.41) is 0. The first kappa shape index (κ1) is 14.9. The quantitative estimate of drug-likeness (QED) is 0.771. The Balaban J connectivity index is 1.59. The minimum atomic E-state index is 0.140. The van der Waals surface area contributed by atoms with E-state index in [2.05, 4.69) is 29.0 Å². The molecule has 1 saturated heterocycles. The average molecular weight is 319 g/mol. The average Bonchev–Trinajstić information content (AvgIpc) is 3.05. The van der Waals surface area contributed by atoms with Crippen molar-refractivity contribution in [3.05, 3.63) is 53.6 Å². The Hall–Kier alpha value is -2.62. The second kappa shape index (κ2) is 6.11. The molecule has 0 atom stereocenters. The van der Waals surface area contributed by atoms with Gasteiger partial charge in [0.2, 0.25) is 0 Å². The van der Waals surface area contributed by atoms with Crippen LogP contribution in [0.25, 0.3) is 22.4 Å². The minimum absolute atomic E-state index is 0.140. The number of amides is 1. The van der Waals surface area contributed by atoms with Crippen LogP contribution in [-0.4, -0.2) is 33.9 Å². The van der Waals surface area contributed by atoms with E-state index in [4.69, 9.17) is 0 Å². The van der Waals surface area contributed by atoms with Gasteiger partial charge in [-0.3, -0.25) is 4.79 Å². The molecule has 122 valence electrons. The lowest BCUT2D eigenvalue weighted by molar-refractivity contribution is 0.0724. The van der Waals surface area contributed by atoms with E-state index in [1.165, 1.54) is 12.0 Å². The number of nitrogens with zero attached hydrogens (tertiary/aromatic N) is 2. The van der Waals surface area contributed by atoms with E-state index in [0.717, 1.165) is 53.9 Å². The molecule has 0 spiro atoms. The molecule has 1 amide bonds. The SMILES string of the molecule is Cc1ccc2nc(-c3ccc(C(=O)N4CCCCC4)cc3)[nH]c2c1. The molecule has 1 aliphatic heterocycles. The predicted molar refractivity (Wildman–Crippen MR) is 96.0 cm³/mol. The van der Waals surface area contributed by atoms with E-state index in [0.29, 0.717) is 0 Å². The largest absolute Gasteiger partial charge is 0.339 e. The highest BCUT2D eigenvalue weighted by Gasteiger charge is 2.18. The van der Waals surface area contributed by atoms with Crippen LogP contribution in [0.2, 0.25) is 0 Å². The molecule has 3 aromatic rings. The number of rotatable bonds is 2. The summed E-state index contributed by atoms with van der Waals surface area (Å²) in [7, 11) is 0. The fourth-order valence-corrected chi connectivity index (χ4v) is 3.31. The van der Waals surface area contributed by atoms with Crippen LogP contribution in [0.5, 0.6) is 0 Å². The van der Waals surface area contributed by atoms with Crippen LogP contribution in [0, 0.1) is 6.92 Å². The van der Waals surface area contributed by atoms with Crippen LogP contribution in [-0.2, 0) is 0 Å². The molecule has 1 N–H and O–H groups in total. The standard InChI is InChI=1S/C20H21N3O/c1-14-5-10-17-18(13-14)22-19(21-17)15-6-8-16(9-7-15)20(24)23-11-3-2-4-12-23/h5-10,13H,2-4,11-12H2,1H3,(H,21,22). The summed E-state index contributed by atoms with van der Waals surface area (Å²) in [5.74, 6) is 0.981. The number of hydrogen-bond donors (Lipinski definition) is 1. The van der Waals surface area contributed by atoms with Gasteiger partial charge < -0.3 is 9.88 Å². The highest BCUT2D eigenvalue weighted by molar-refractivity contribution is 5.94. The van der Waals surface area contributed by atoms with Crippen LogP contribution >= 0.6 is 0 Å². The number of carbonyl (C=O) groups is 1. The lowest BCUT2D eigenvalue weighted by Gasteiger charge is -2.26. The Kier molecular flexibility index (Phi) is 3.81. The Morgan fingerprint density at radius 1 is 1.04 bits per heavy atom. The molecule has 4 nitrogen and oxygen atoms in total. The van der Waals surface area contributed by atoms with Crippen molar-refractivity contribution < 1.29 is 4.79 Å². The normalized spacial score (nSPS) is 15.0. The van der Waals surface area contributed by atoms with Crippen molar-refractivity contribution in [2.24, 2.45) is 0 Å². The molecule has 4 heteroatoms. The minimum Gasteiger partial charge on any atom is -0.339 e. The van der Waals surface area contributed by atoms with E-state index >= 15 is 0 Å². The smallest absolute Gasteiger partial charge is 0.253 e. The van der Waals surface area contributed by atoms with Gasteiger partial charge in [0.05, 0.1) is 11.0 Å². The van der Waals surface area contributed by atoms with Gasteiger partial charge in [-0.2, -0.15) is 0 Å². The molecule has 0 radical (unpaired) electrons. The number of aryl methyl sites for hydroxylation is 1. The topological polar surface area (TPSA) is 49.0 Å². The zero-order valence-electron chi connectivity index (χ0n) is 13.9. The predicted octanol–water partition coefficient (Wildman–Crippen LogP) is 4.16. The maximum atomic E-state index is 12.5. The number of aromatic amines is 1. The maximum absolute atomic E-state index is 12.5. The summed E-state index contributed by atoms with van der Waals surface area (Å²) in [6.07, 6.45) is 3.46. The van der Waals surface area contributed by atoms with Crippen molar-refractivity contribution in [1.82, 2.24) is 14.9 Å². The number of likely N-dealkylation sites (tertiary alicyclic amines) is 1. The monoisotopic (exact) mass is 319 g/mol. The lowest BCUT2D eigenvalue weighted by atomic mass is 10.1. The molecule has 0 saturated carbocycles. The molecule has 2 aromatic carbocycles. The molecule has 1 aromatic heterocycles. The third kappa shape index (κ3) is 2.80. The number of benzene rings is 2. The van der Waals surface area contributed by atoms with Gasteiger partial charge >= 0.3 is 0 Å². The van der Waals surface area contributed by atoms with Gasteiger partial charge in [-0.1, -0.05) is 18.2 Å². The van der Waals surface area contributed by atoms with E-state index in [1.807, 2.05) is 35.2 Å². The first-order valence-electron chi connectivity index (χ1n) is 8.57. The maximum Gasteiger partial charge on any atom is 0.253 e. The molecule has 0 unspecified atom stereocenters. The summed E-state index contributed by atoms with van der Waals surface area (Å²) in [5.41, 5.74) is 4.97. The third-order valence-corrected chi connectivity index (χ3v) is 4.69. The lowest BCUT2D eigenvalue weighted by Crippen LogP contribution is -2.35. The summed E-state index contributed by atoms with van der Waals surface area (Å²) in [4.78, 5) is 22.5. The van der Waals surface area contributed by atoms with Crippen molar-refractivity contribution in [2.45, 2.75) is 26.2 Å². The molecule has 2 heterocycles. The Morgan fingerprint density at radius 2 is 1.79 bits per heavy atom. The summed E-state index contributed by atoms with van der Waals surface area (Å²) in [6.45, 7) is 3.83. The van der Waals surface area contributed by atoms with Gasteiger partial charge in [0, 0.05) is 24.2 Å². The zero-order chi connectivity index (χ0) is 16.5. The van der Waals surface area contributed by atoms with Crippen molar-refractivity contribution in [3.63, 3.8) is 0 Å². The molecule has 4 rings (SSSR count). The van der Waals surface area contributed by atoms with Gasteiger partial charge in [0.15, 0.2) is 0 Å². The van der Waals surface area contributed by atoms with E-state index in [1.54, 1.807) is 0 Å². The van der Waals surface area contributed by atoms with Gasteiger partial charge in [0.25, 0.3) is 5.91 Å². The number of aromatic nitrogens is 2. The highest BCUT2D eigenvalue weighted by atomic mass is 16.2. The van der Waals surface area contributed by atoms with Gasteiger partial charge in [-0.15, -0.1) is 0 Å². The van der Waals surface area contributed by atoms with Crippen LogP contribution in [0.4, 0.5) is 0 Å². The van der Waals surface area contributed by atoms with Crippen molar-refractivity contribution in [2.75, 3.05) is 13.1 Å². The second-order valence-corrected chi connectivity index (χ2v) is 6.54.